The molecule has 1 saturated heterocycles. The molecule has 0 radical (unpaired) electrons. The van der Waals surface area contributed by atoms with Crippen molar-refractivity contribution in [2.24, 2.45) is 0 Å². The summed E-state index contributed by atoms with van der Waals surface area (Å²) in [5.41, 5.74) is 3.72. The standard InChI is InChI=1S/C26H31N5O2/c1-19-23(20(2)31(28-19)22-13-9-6-10-14-22)27-25(33)30-17-15-29(16-18-30)24(32)26(3,4)21-11-7-5-8-12-21/h5-14H,15-18H2,1-4H3,(H,27,33). The van der Waals surface area contributed by atoms with Crippen LogP contribution < -0.4 is 5.32 Å². The number of piperazine rings is 1. The van der Waals surface area contributed by atoms with Gasteiger partial charge in [-0.1, -0.05) is 48.5 Å². The first-order chi connectivity index (χ1) is 15.8. The molecular weight excluding hydrogens is 414 g/mol. The maximum atomic E-state index is 13.2. The minimum absolute atomic E-state index is 0.0876. The van der Waals surface area contributed by atoms with Crippen LogP contribution in [0.15, 0.2) is 60.7 Å². The van der Waals surface area contributed by atoms with Gasteiger partial charge in [-0.05, 0) is 45.4 Å². The first-order valence-corrected chi connectivity index (χ1v) is 11.3. The maximum Gasteiger partial charge on any atom is 0.322 e. The van der Waals surface area contributed by atoms with Crippen LogP contribution in [-0.4, -0.2) is 57.7 Å². The Hall–Kier alpha value is -3.61. The molecule has 1 fully saturated rings. The van der Waals surface area contributed by atoms with Crippen LogP contribution >= 0.6 is 0 Å². The highest BCUT2D eigenvalue weighted by molar-refractivity contribution is 5.91. The molecule has 7 heteroatoms. The van der Waals surface area contributed by atoms with Gasteiger partial charge in [-0.3, -0.25) is 4.79 Å². The first-order valence-electron chi connectivity index (χ1n) is 11.3. The van der Waals surface area contributed by atoms with Crippen LogP contribution in [0, 0.1) is 13.8 Å². The Balaban J connectivity index is 1.39. The molecule has 1 aliphatic rings. The van der Waals surface area contributed by atoms with Gasteiger partial charge in [0.15, 0.2) is 0 Å². The normalized spacial score (nSPS) is 14.3. The number of urea groups is 1. The van der Waals surface area contributed by atoms with Crippen molar-refractivity contribution in [3.05, 3.63) is 77.6 Å². The molecule has 4 rings (SSSR count). The van der Waals surface area contributed by atoms with E-state index in [1.54, 1.807) is 4.90 Å². The number of nitrogens with zero attached hydrogens (tertiary/aromatic N) is 4. The Kier molecular flexibility index (Phi) is 6.22. The third kappa shape index (κ3) is 4.49. The second kappa shape index (κ2) is 9.10. The predicted octanol–water partition coefficient (Wildman–Crippen LogP) is 4.14. The highest BCUT2D eigenvalue weighted by Gasteiger charge is 2.35. The van der Waals surface area contributed by atoms with Gasteiger partial charge in [0, 0.05) is 26.2 Å². The number of hydrogen-bond donors (Lipinski definition) is 1. The lowest BCUT2D eigenvalue weighted by atomic mass is 9.83. The van der Waals surface area contributed by atoms with E-state index in [-0.39, 0.29) is 11.9 Å². The molecule has 0 atom stereocenters. The second-order valence-corrected chi connectivity index (χ2v) is 8.99. The van der Waals surface area contributed by atoms with Gasteiger partial charge in [-0.25, -0.2) is 9.48 Å². The predicted molar refractivity (Wildman–Crippen MR) is 130 cm³/mol. The number of nitrogens with one attached hydrogen (secondary N) is 1. The van der Waals surface area contributed by atoms with Crippen molar-refractivity contribution in [1.82, 2.24) is 19.6 Å². The Morgan fingerprint density at radius 3 is 2.00 bits per heavy atom. The smallest absolute Gasteiger partial charge is 0.322 e. The lowest BCUT2D eigenvalue weighted by Gasteiger charge is -2.38. The molecule has 0 saturated carbocycles. The van der Waals surface area contributed by atoms with E-state index in [1.165, 1.54) is 0 Å². The molecule has 0 bridgehead atoms. The summed E-state index contributed by atoms with van der Waals surface area (Å²) in [6.07, 6.45) is 0. The minimum atomic E-state index is -0.605. The molecule has 7 nitrogen and oxygen atoms in total. The van der Waals surface area contributed by atoms with E-state index in [0.29, 0.717) is 26.2 Å². The quantitative estimate of drug-likeness (QED) is 0.656. The van der Waals surface area contributed by atoms with Crippen LogP contribution in [-0.2, 0) is 10.2 Å². The SMILES string of the molecule is Cc1nn(-c2ccccc2)c(C)c1NC(=O)N1CCN(C(=O)C(C)(C)c2ccccc2)CC1. The number of hydrogen-bond acceptors (Lipinski definition) is 3. The summed E-state index contributed by atoms with van der Waals surface area (Å²) in [6.45, 7) is 9.78. The van der Waals surface area contributed by atoms with Crippen LogP contribution in [0.25, 0.3) is 5.69 Å². The fourth-order valence-corrected chi connectivity index (χ4v) is 4.32. The van der Waals surface area contributed by atoms with Crippen LogP contribution in [0.1, 0.15) is 30.8 Å². The molecule has 1 aromatic heterocycles. The van der Waals surface area contributed by atoms with E-state index in [2.05, 4.69) is 10.4 Å². The first kappa shape index (κ1) is 22.6. The average molecular weight is 446 g/mol. The molecule has 0 unspecified atom stereocenters. The Bertz CT molecular complexity index is 1130. The number of para-hydroxylation sites is 1. The van der Waals surface area contributed by atoms with Gasteiger partial charge in [0.25, 0.3) is 0 Å². The Morgan fingerprint density at radius 1 is 0.848 bits per heavy atom. The molecular formula is C26H31N5O2. The van der Waals surface area contributed by atoms with E-state index in [9.17, 15) is 9.59 Å². The molecule has 0 aliphatic carbocycles. The van der Waals surface area contributed by atoms with E-state index in [4.69, 9.17) is 0 Å². The molecule has 172 valence electrons. The van der Waals surface area contributed by atoms with Crippen molar-refractivity contribution < 1.29 is 9.59 Å². The third-order valence-electron chi connectivity index (χ3n) is 6.41. The van der Waals surface area contributed by atoms with E-state index >= 15 is 0 Å². The minimum Gasteiger partial charge on any atom is -0.338 e. The van der Waals surface area contributed by atoms with Crippen molar-refractivity contribution in [2.45, 2.75) is 33.1 Å². The van der Waals surface area contributed by atoms with Gasteiger partial charge < -0.3 is 15.1 Å². The largest absolute Gasteiger partial charge is 0.338 e. The number of amides is 3. The van der Waals surface area contributed by atoms with Gasteiger partial charge in [0.2, 0.25) is 5.91 Å². The number of aryl methyl sites for hydroxylation is 1. The zero-order valence-electron chi connectivity index (χ0n) is 19.7. The molecule has 2 aromatic carbocycles. The highest BCUT2D eigenvalue weighted by atomic mass is 16.2. The lowest BCUT2D eigenvalue weighted by Crippen LogP contribution is -2.55. The van der Waals surface area contributed by atoms with Crippen LogP contribution in [0.4, 0.5) is 10.5 Å². The molecule has 0 spiro atoms. The summed E-state index contributed by atoms with van der Waals surface area (Å²) < 4.78 is 1.84. The van der Waals surface area contributed by atoms with Crippen molar-refractivity contribution in [1.29, 1.82) is 0 Å². The van der Waals surface area contributed by atoms with Crippen LogP contribution in [0.3, 0.4) is 0 Å². The molecule has 2 heterocycles. The Morgan fingerprint density at radius 2 is 1.39 bits per heavy atom. The number of anilines is 1. The van der Waals surface area contributed by atoms with E-state index in [0.717, 1.165) is 28.3 Å². The van der Waals surface area contributed by atoms with Gasteiger partial charge in [-0.15, -0.1) is 0 Å². The average Bonchev–Trinajstić information content (AvgIpc) is 3.13. The van der Waals surface area contributed by atoms with Crippen molar-refractivity contribution in [3.63, 3.8) is 0 Å². The fraction of sp³-hybridized carbons (Fsp3) is 0.346. The molecule has 3 aromatic rings. The molecule has 33 heavy (non-hydrogen) atoms. The third-order valence-corrected chi connectivity index (χ3v) is 6.41. The number of benzene rings is 2. The summed E-state index contributed by atoms with van der Waals surface area (Å²) in [6, 6.07) is 19.5. The van der Waals surface area contributed by atoms with E-state index in [1.807, 2.05) is 97.9 Å². The van der Waals surface area contributed by atoms with Gasteiger partial charge in [-0.2, -0.15) is 5.10 Å². The number of rotatable bonds is 4. The van der Waals surface area contributed by atoms with E-state index < -0.39 is 5.41 Å². The summed E-state index contributed by atoms with van der Waals surface area (Å²) in [4.78, 5) is 29.8. The maximum absolute atomic E-state index is 13.2. The monoisotopic (exact) mass is 445 g/mol. The molecule has 3 amide bonds. The topological polar surface area (TPSA) is 70.5 Å². The second-order valence-electron chi connectivity index (χ2n) is 8.99. The molecule has 1 N–H and O–H groups in total. The Labute approximate surface area is 195 Å². The summed E-state index contributed by atoms with van der Waals surface area (Å²) >= 11 is 0. The zero-order valence-corrected chi connectivity index (χ0v) is 19.7. The number of carbonyl (C=O) groups excluding carboxylic acids is 2. The van der Waals surface area contributed by atoms with Gasteiger partial charge in [0.1, 0.15) is 0 Å². The van der Waals surface area contributed by atoms with Crippen LogP contribution in [0.2, 0.25) is 0 Å². The number of carbonyl (C=O) groups is 2. The fourth-order valence-electron chi connectivity index (χ4n) is 4.32. The van der Waals surface area contributed by atoms with Gasteiger partial charge >= 0.3 is 6.03 Å². The lowest BCUT2D eigenvalue weighted by molar-refractivity contribution is -0.137. The zero-order chi connectivity index (χ0) is 23.6. The summed E-state index contributed by atoms with van der Waals surface area (Å²) in [5, 5.41) is 7.64. The van der Waals surface area contributed by atoms with Gasteiger partial charge in [0.05, 0.1) is 28.2 Å². The summed E-state index contributed by atoms with van der Waals surface area (Å²) in [5.74, 6) is 0.0876. The highest BCUT2D eigenvalue weighted by Crippen LogP contribution is 2.27. The molecule has 1 aliphatic heterocycles. The van der Waals surface area contributed by atoms with Crippen molar-refractivity contribution >= 4 is 17.6 Å². The summed E-state index contributed by atoms with van der Waals surface area (Å²) in [7, 11) is 0. The van der Waals surface area contributed by atoms with Crippen LogP contribution in [0.5, 0.6) is 0 Å². The number of aromatic nitrogens is 2. The van der Waals surface area contributed by atoms with Crippen molar-refractivity contribution in [2.75, 3.05) is 31.5 Å². The van der Waals surface area contributed by atoms with Crippen molar-refractivity contribution in [3.8, 4) is 5.69 Å².